The van der Waals surface area contributed by atoms with Crippen LogP contribution in [0.5, 0.6) is 0 Å². The summed E-state index contributed by atoms with van der Waals surface area (Å²) < 4.78 is 2.03. The van der Waals surface area contributed by atoms with Crippen LogP contribution >= 0.6 is 0 Å². The molecular weight excluding hydrogens is 188 g/mol. The SMILES string of the molecule is OCCCCCn1ncc2ccccc21. The lowest BCUT2D eigenvalue weighted by Gasteiger charge is -2.02. The molecule has 2 aromatic rings. The van der Waals surface area contributed by atoms with Gasteiger partial charge in [-0.1, -0.05) is 18.2 Å². The standard InChI is InChI=1S/C12H16N2O/c15-9-5-1-4-8-14-12-7-3-2-6-11(12)10-13-14/h2-3,6-7,10,15H,1,4-5,8-9H2. The predicted molar refractivity (Wildman–Crippen MR) is 60.7 cm³/mol. The highest BCUT2D eigenvalue weighted by Gasteiger charge is 2.00. The van der Waals surface area contributed by atoms with Gasteiger partial charge in [-0.05, 0) is 25.3 Å². The Morgan fingerprint density at radius 1 is 1.13 bits per heavy atom. The number of aromatic nitrogens is 2. The number of aliphatic hydroxyl groups is 1. The summed E-state index contributed by atoms with van der Waals surface area (Å²) >= 11 is 0. The lowest BCUT2D eigenvalue weighted by Crippen LogP contribution is -1.99. The number of hydrogen-bond acceptors (Lipinski definition) is 2. The van der Waals surface area contributed by atoms with E-state index in [1.807, 2.05) is 23.0 Å². The Morgan fingerprint density at radius 3 is 2.87 bits per heavy atom. The summed E-state index contributed by atoms with van der Waals surface area (Å²) in [6, 6.07) is 8.23. The van der Waals surface area contributed by atoms with Gasteiger partial charge >= 0.3 is 0 Å². The summed E-state index contributed by atoms with van der Waals surface area (Å²) in [6.45, 7) is 1.23. The van der Waals surface area contributed by atoms with E-state index in [0.717, 1.165) is 25.8 Å². The zero-order chi connectivity index (χ0) is 10.5. The fraction of sp³-hybridized carbons (Fsp3) is 0.417. The Balaban J connectivity index is 2.02. The molecule has 0 aliphatic rings. The zero-order valence-corrected chi connectivity index (χ0v) is 8.76. The van der Waals surface area contributed by atoms with Crippen LogP contribution in [0.25, 0.3) is 10.9 Å². The molecule has 0 bridgehead atoms. The van der Waals surface area contributed by atoms with Crippen LogP contribution in [0, 0.1) is 0 Å². The van der Waals surface area contributed by atoms with Crippen LogP contribution in [-0.2, 0) is 6.54 Å². The first kappa shape index (κ1) is 10.2. The number of hydrogen-bond donors (Lipinski definition) is 1. The molecule has 80 valence electrons. The van der Waals surface area contributed by atoms with E-state index in [0.29, 0.717) is 6.61 Å². The van der Waals surface area contributed by atoms with Gasteiger partial charge in [0.1, 0.15) is 0 Å². The average Bonchev–Trinajstić information content (AvgIpc) is 2.68. The zero-order valence-electron chi connectivity index (χ0n) is 8.76. The van der Waals surface area contributed by atoms with Gasteiger partial charge in [0.05, 0.1) is 11.7 Å². The minimum absolute atomic E-state index is 0.292. The van der Waals surface area contributed by atoms with E-state index in [2.05, 4.69) is 17.2 Å². The summed E-state index contributed by atoms with van der Waals surface area (Å²) in [5.74, 6) is 0. The molecule has 3 nitrogen and oxygen atoms in total. The third kappa shape index (κ3) is 2.36. The fourth-order valence-corrected chi connectivity index (χ4v) is 1.75. The highest BCUT2D eigenvalue weighted by atomic mass is 16.2. The first-order valence-corrected chi connectivity index (χ1v) is 5.43. The number of fused-ring (bicyclic) bond motifs is 1. The molecule has 1 N–H and O–H groups in total. The molecule has 3 heteroatoms. The molecule has 1 aromatic heterocycles. The van der Waals surface area contributed by atoms with E-state index in [-0.39, 0.29) is 0 Å². The van der Waals surface area contributed by atoms with Crippen molar-refractivity contribution in [2.24, 2.45) is 0 Å². The minimum Gasteiger partial charge on any atom is -0.396 e. The van der Waals surface area contributed by atoms with Crippen LogP contribution < -0.4 is 0 Å². The summed E-state index contributed by atoms with van der Waals surface area (Å²) in [4.78, 5) is 0. The molecule has 0 saturated heterocycles. The molecule has 0 aliphatic carbocycles. The van der Waals surface area contributed by atoms with Crippen LogP contribution in [0.3, 0.4) is 0 Å². The first-order chi connectivity index (χ1) is 7.42. The van der Waals surface area contributed by atoms with Crippen LogP contribution in [0.2, 0.25) is 0 Å². The van der Waals surface area contributed by atoms with Gasteiger partial charge in [-0.25, -0.2) is 0 Å². The Labute approximate surface area is 89.3 Å². The van der Waals surface area contributed by atoms with Crippen LogP contribution in [0.15, 0.2) is 30.5 Å². The maximum atomic E-state index is 8.67. The van der Waals surface area contributed by atoms with Gasteiger partial charge in [-0.3, -0.25) is 4.68 Å². The minimum atomic E-state index is 0.292. The second-order valence-corrected chi connectivity index (χ2v) is 3.71. The molecule has 15 heavy (non-hydrogen) atoms. The maximum absolute atomic E-state index is 8.67. The first-order valence-electron chi connectivity index (χ1n) is 5.43. The Bertz CT molecular complexity index is 422. The van der Waals surface area contributed by atoms with Crippen molar-refractivity contribution in [1.82, 2.24) is 9.78 Å². The van der Waals surface area contributed by atoms with Gasteiger partial charge in [0.25, 0.3) is 0 Å². The highest BCUT2D eigenvalue weighted by molar-refractivity contribution is 5.78. The number of para-hydroxylation sites is 1. The topological polar surface area (TPSA) is 38.0 Å². The highest BCUT2D eigenvalue weighted by Crippen LogP contribution is 2.13. The second kappa shape index (κ2) is 4.94. The summed E-state index contributed by atoms with van der Waals surface area (Å²) in [6.07, 6.45) is 4.93. The quantitative estimate of drug-likeness (QED) is 0.758. The van der Waals surface area contributed by atoms with E-state index in [1.54, 1.807) is 0 Å². The number of nitrogens with zero attached hydrogens (tertiary/aromatic N) is 2. The number of aryl methyl sites for hydroxylation is 1. The van der Waals surface area contributed by atoms with Crippen LogP contribution in [0.1, 0.15) is 19.3 Å². The molecule has 0 spiro atoms. The van der Waals surface area contributed by atoms with Crippen molar-refractivity contribution in [1.29, 1.82) is 0 Å². The van der Waals surface area contributed by atoms with Crippen molar-refractivity contribution in [3.8, 4) is 0 Å². The van der Waals surface area contributed by atoms with Crippen molar-refractivity contribution in [3.63, 3.8) is 0 Å². The molecule has 0 aliphatic heterocycles. The molecule has 0 fully saturated rings. The number of unbranched alkanes of at least 4 members (excludes halogenated alkanes) is 2. The third-order valence-electron chi connectivity index (χ3n) is 2.58. The van der Waals surface area contributed by atoms with E-state index in [9.17, 15) is 0 Å². The van der Waals surface area contributed by atoms with E-state index >= 15 is 0 Å². The van der Waals surface area contributed by atoms with Gasteiger partial charge in [-0.2, -0.15) is 5.10 Å². The van der Waals surface area contributed by atoms with E-state index < -0.39 is 0 Å². The Kier molecular flexibility index (Phi) is 3.35. The Hall–Kier alpha value is -1.35. The molecule has 0 unspecified atom stereocenters. The number of rotatable bonds is 5. The molecule has 1 heterocycles. The van der Waals surface area contributed by atoms with Gasteiger partial charge in [0, 0.05) is 18.5 Å². The lowest BCUT2D eigenvalue weighted by atomic mass is 10.2. The lowest BCUT2D eigenvalue weighted by molar-refractivity contribution is 0.281. The van der Waals surface area contributed by atoms with Crippen LogP contribution in [0.4, 0.5) is 0 Å². The van der Waals surface area contributed by atoms with Crippen molar-refractivity contribution in [3.05, 3.63) is 30.5 Å². The van der Waals surface area contributed by atoms with Gasteiger partial charge in [-0.15, -0.1) is 0 Å². The molecule has 0 saturated carbocycles. The molecular formula is C12H16N2O. The smallest absolute Gasteiger partial charge is 0.0682 e. The summed E-state index contributed by atoms with van der Waals surface area (Å²) in [7, 11) is 0. The molecule has 0 atom stereocenters. The summed E-state index contributed by atoms with van der Waals surface area (Å²) in [5.41, 5.74) is 1.20. The fourth-order valence-electron chi connectivity index (χ4n) is 1.75. The predicted octanol–water partition coefficient (Wildman–Crippen LogP) is 2.20. The van der Waals surface area contributed by atoms with Gasteiger partial charge in [0.15, 0.2) is 0 Å². The van der Waals surface area contributed by atoms with Crippen molar-refractivity contribution < 1.29 is 5.11 Å². The van der Waals surface area contributed by atoms with E-state index in [4.69, 9.17) is 5.11 Å². The number of aliphatic hydroxyl groups excluding tert-OH is 1. The van der Waals surface area contributed by atoms with Crippen LogP contribution in [-0.4, -0.2) is 21.5 Å². The Morgan fingerprint density at radius 2 is 2.00 bits per heavy atom. The van der Waals surface area contributed by atoms with Crippen molar-refractivity contribution in [2.75, 3.05) is 6.61 Å². The third-order valence-corrected chi connectivity index (χ3v) is 2.58. The normalized spacial score (nSPS) is 11.0. The maximum Gasteiger partial charge on any atom is 0.0682 e. The molecule has 1 aromatic carbocycles. The van der Waals surface area contributed by atoms with Gasteiger partial charge in [0.2, 0.25) is 0 Å². The molecule has 0 amide bonds. The van der Waals surface area contributed by atoms with Crippen molar-refractivity contribution >= 4 is 10.9 Å². The van der Waals surface area contributed by atoms with Crippen molar-refractivity contribution in [2.45, 2.75) is 25.8 Å². The molecule has 2 rings (SSSR count). The molecule has 0 radical (unpaired) electrons. The average molecular weight is 204 g/mol. The largest absolute Gasteiger partial charge is 0.396 e. The van der Waals surface area contributed by atoms with E-state index in [1.165, 1.54) is 10.9 Å². The summed E-state index contributed by atoms with van der Waals surface area (Å²) in [5, 5.41) is 14.2. The number of benzene rings is 1. The van der Waals surface area contributed by atoms with Gasteiger partial charge < -0.3 is 5.11 Å². The second-order valence-electron chi connectivity index (χ2n) is 3.71. The monoisotopic (exact) mass is 204 g/mol.